The minimum Gasteiger partial charge on any atom is -0.497 e. The number of methoxy groups -OCH3 is 3. The molecular weight excluding hydrogens is 502 g/mol. The van der Waals surface area contributed by atoms with E-state index in [1.165, 1.54) is 33.6 Å². The van der Waals surface area contributed by atoms with Crippen molar-refractivity contribution in [3.63, 3.8) is 0 Å². The molecule has 39 heavy (non-hydrogen) atoms. The number of carbonyl (C=O) groups excluding carboxylic acids is 3. The lowest BCUT2D eigenvalue weighted by atomic mass is 10.0. The summed E-state index contributed by atoms with van der Waals surface area (Å²) < 4.78 is 21.2. The first-order valence-electron chi connectivity index (χ1n) is 11.7. The van der Waals surface area contributed by atoms with Crippen LogP contribution in [0.1, 0.15) is 15.9 Å². The number of nitrogens with one attached hydrogen (secondary N) is 2. The molecule has 0 saturated heterocycles. The van der Waals surface area contributed by atoms with E-state index in [9.17, 15) is 14.4 Å². The lowest BCUT2D eigenvalue weighted by Gasteiger charge is -2.12. The molecule has 0 saturated carbocycles. The van der Waals surface area contributed by atoms with Crippen molar-refractivity contribution in [1.82, 2.24) is 5.43 Å². The highest BCUT2D eigenvalue weighted by molar-refractivity contribution is 6.39. The summed E-state index contributed by atoms with van der Waals surface area (Å²) in [6.45, 7) is 0. The fourth-order valence-corrected chi connectivity index (χ4v) is 3.69. The van der Waals surface area contributed by atoms with E-state index >= 15 is 0 Å². The monoisotopic (exact) mass is 527 g/mol. The number of nitrogens with zero attached hydrogens (tertiary/aromatic N) is 1. The summed E-state index contributed by atoms with van der Waals surface area (Å²) in [4.78, 5) is 37.5. The molecule has 10 nitrogen and oxygen atoms in total. The van der Waals surface area contributed by atoms with Crippen LogP contribution < -0.4 is 29.7 Å². The zero-order chi connectivity index (χ0) is 27.8. The number of anilines is 1. The number of hydrogen-bond acceptors (Lipinski definition) is 8. The normalized spacial score (nSPS) is 10.6. The Labute approximate surface area is 224 Å². The maximum atomic E-state index is 13.0. The van der Waals surface area contributed by atoms with Gasteiger partial charge in [0.1, 0.15) is 11.5 Å². The second-order valence-corrected chi connectivity index (χ2v) is 8.04. The zero-order valence-electron chi connectivity index (χ0n) is 21.4. The first-order valence-corrected chi connectivity index (χ1v) is 11.7. The van der Waals surface area contributed by atoms with Crippen LogP contribution in [0.2, 0.25) is 0 Å². The van der Waals surface area contributed by atoms with Crippen molar-refractivity contribution >= 4 is 40.5 Å². The van der Waals surface area contributed by atoms with Gasteiger partial charge in [0.05, 0.1) is 33.1 Å². The van der Waals surface area contributed by atoms with Gasteiger partial charge in [0, 0.05) is 11.3 Å². The second-order valence-electron chi connectivity index (χ2n) is 8.04. The molecule has 4 aromatic carbocycles. The molecule has 0 aliphatic carbocycles. The van der Waals surface area contributed by atoms with Gasteiger partial charge in [-0.1, -0.05) is 30.3 Å². The maximum Gasteiger partial charge on any atom is 0.343 e. The second kappa shape index (κ2) is 12.2. The summed E-state index contributed by atoms with van der Waals surface area (Å²) in [7, 11) is 4.49. The Morgan fingerprint density at radius 3 is 2.18 bits per heavy atom. The van der Waals surface area contributed by atoms with Gasteiger partial charge in [0.25, 0.3) is 0 Å². The van der Waals surface area contributed by atoms with Crippen molar-refractivity contribution in [1.29, 1.82) is 0 Å². The van der Waals surface area contributed by atoms with Crippen molar-refractivity contribution < 1.29 is 33.3 Å². The van der Waals surface area contributed by atoms with Gasteiger partial charge in [-0.25, -0.2) is 10.2 Å². The average molecular weight is 528 g/mol. The third kappa shape index (κ3) is 6.31. The first-order chi connectivity index (χ1) is 18.9. The number of rotatable bonds is 8. The number of hydrazone groups is 1. The number of esters is 1. The van der Waals surface area contributed by atoms with E-state index in [2.05, 4.69) is 15.8 Å². The van der Waals surface area contributed by atoms with E-state index in [0.29, 0.717) is 28.5 Å². The standard InChI is InChI=1S/C29H25N3O7/c1-36-21-12-10-20(11-13-21)31-27(33)28(34)32-30-17-23-22-7-5-4-6-18(22)8-14-24(23)39-29(35)19-9-15-25(37-2)26(16-19)38-3/h4-17H,1-3H3,(H,31,33)(H,32,34). The van der Waals surface area contributed by atoms with Crippen LogP contribution in [0, 0.1) is 0 Å². The topological polar surface area (TPSA) is 125 Å². The van der Waals surface area contributed by atoms with Gasteiger partial charge in [-0.05, 0) is 59.3 Å². The molecule has 10 heteroatoms. The van der Waals surface area contributed by atoms with Crippen LogP contribution in [0.3, 0.4) is 0 Å². The number of carbonyl (C=O) groups is 3. The molecule has 2 N–H and O–H groups in total. The molecule has 0 bridgehead atoms. The Kier molecular flexibility index (Phi) is 8.37. The fourth-order valence-electron chi connectivity index (χ4n) is 3.69. The van der Waals surface area contributed by atoms with Gasteiger partial charge < -0.3 is 24.3 Å². The van der Waals surface area contributed by atoms with Crippen molar-refractivity contribution in [2.45, 2.75) is 0 Å². The Hall–Kier alpha value is -5.38. The SMILES string of the molecule is COc1ccc(NC(=O)C(=O)NN=Cc2c(OC(=O)c3ccc(OC)c(OC)c3)ccc3ccccc23)cc1. The smallest absolute Gasteiger partial charge is 0.343 e. The molecule has 0 spiro atoms. The number of amides is 2. The van der Waals surface area contributed by atoms with Crippen molar-refractivity contribution in [2.75, 3.05) is 26.6 Å². The molecule has 0 aromatic heterocycles. The number of ether oxygens (including phenoxy) is 4. The molecule has 0 aliphatic heterocycles. The Morgan fingerprint density at radius 1 is 0.744 bits per heavy atom. The quantitative estimate of drug-likeness (QED) is 0.116. The largest absolute Gasteiger partial charge is 0.497 e. The van der Waals surface area contributed by atoms with E-state index < -0.39 is 17.8 Å². The van der Waals surface area contributed by atoms with Crippen molar-refractivity contribution in [3.8, 4) is 23.0 Å². The highest BCUT2D eigenvalue weighted by Crippen LogP contribution is 2.30. The summed E-state index contributed by atoms with van der Waals surface area (Å²) in [6.07, 6.45) is 1.32. The van der Waals surface area contributed by atoms with Crippen molar-refractivity contribution in [3.05, 3.63) is 90.0 Å². The van der Waals surface area contributed by atoms with Crippen LogP contribution in [-0.4, -0.2) is 45.3 Å². The van der Waals surface area contributed by atoms with E-state index in [1.54, 1.807) is 48.5 Å². The van der Waals surface area contributed by atoms with Crippen LogP contribution in [-0.2, 0) is 9.59 Å². The average Bonchev–Trinajstić information content (AvgIpc) is 2.97. The molecule has 0 unspecified atom stereocenters. The molecule has 0 aliphatic rings. The Morgan fingerprint density at radius 2 is 1.46 bits per heavy atom. The molecule has 0 radical (unpaired) electrons. The molecule has 4 aromatic rings. The van der Waals surface area contributed by atoms with Crippen LogP contribution in [0.5, 0.6) is 23.0 Å². The van der Waals surface area contributed by atoms with Gasteiger partial charge in [0.15, 0.2) is 11.5 Å². The van der Waals surface area contributed by atoms with Gasteiger partial charge in [-0.3, -0.25) is 9.59 Å². The summed E-state index contributed by atoms with van der Waals surface area (Å²) in [6, 6.07) is 22.0. The lowest BCUT2D eigenvalue weighted by molar-refractivity contribution is -0.136. The third-order valence-electron chi connectivity index (χ3n) is 5.67. The van der Waals surface area contributed by atoms with Crippen molar-refractivity contribution in [2.24, 2.45) is 5.10 Å². The molecule has 0 fully saturated rings. The molecular formula is C29H25N3O7. The number of benzene rings is 4. The minimum atomic E-state index is -0.980. The summed E-state index contributed by atoms with van der Waals surface area (Å²) in [5.74, 6) is -0.860. The van der Waals surface area contributed by atoms with E-state index in [4.69, 9.17) is 18.9 Å². The Bertz CT molecular complexity index is 1550. The predicted molar refractivity (Wildman–Crippen MR) is 146 cm³/mol. The van der Waals surface area contributed by atoms with Gasteiger partial charge in [-0.15, -0.1) is 0 Å². The highest BCUT2D eigenvalue weighted by atomic mass is 16.5. The van der Waals surface area contributed by atoms with Crippen LogP contribution in [0.15, 0.2) is 84.0 Å². The van der Waals surface area contributed by atoms with Crippen LogP contribution >= 0.6 is 0 Å². The number of hydrogen-bond donors (Lipinski definition) is 2. The van der Waals surface area contributed by atoms with Crippen LogP contribution in [0.4, 0.5) is 5.69 Å². The Balaban J connectivity index is 1.53. The zero-order valence-corrected chi connectivity index (χ0v) is 21.4. The fraction of sp³-hybridized carbons (Fsp3) is 0.103. The molecule has 0 heterocycles. The maximum absolute atomic E-state index is 13.0. The highest BCUT2D eigenvalue weighted by Gasteiger charge is 2.17. The summed E-state index contributed by atoms with van der Waals surface area (Å²) in [5.41, 5.74) is 3.29. The molecule has 0 atom stereocenters. The summed E-state index contributed by atoms with van der Waals surface area (Å²) >= 11 is 0. The summed E-state index contributed by atoms with van der Waals surface area (Å²) in [5, 5.41) is 7.99. The first kappa shape index (κ1) is 26.7. The molecule has 198 valence electrons. The van der Waals surface area contributed by atoms with Gasteiger partial charge >= 0.3 is 17.8 Å². The van der Waals surface area contributed by atoms with E-state index in [-0.39, 0.29) is 11.3 Å². The predicted octanol–water partition coefficient (Wildman–Crippen LogP) is 4.17. The van der Waals surface area contributed by atoms with E-state index in [1.807, 2.05) is 24.3 Å². The molecule has 2 amide bonds. The van der Waals surface area contributed by atoms with Crippen LogP contribution in [0.25, 0.3) is 10.8 Å². The van der Waals surface area contributed by atoms with Gasteiger partial charge in [-0.2, -0.15) is 5.10 Å². The lowest BCUT2D eigenvalue weighted by Crippen LogP contribution is -2.32. The number of fused-ring (bicyclic) bond motifs is 1. The van der Waals surface area contributed by atoms with E-state index in [0.717, 1.165) is 10.8 Å². The minimum absolute atomic E-state index is 0.203. The molecule has 4 rings (SSSR count). The third-order valence-corrected chi connectivity index (χ3v) is 5.67. The van der Waals surface area contributed by atoms with Gasteiger partial charge in [0.2, 0.25) is 0 Å².